The Balaban J connectivity index is 2.17. The van der Waals surface area contributed by atoms with Crippen LogP contribution in [-0.2, 0) is 4.79 Å². The van der Waals surface area contributed by atoms with E-state index in [-0.39, 0.29) is 5.91 Å². The smallest absolute Gasteiger partial charge is 0.246 e. The van der Waals surface area contributed by atoms with Gasteiger partial charge in [0.25, 0.3) is 0 Å². The molecule has 24 heavy (non-hydrogen) atoms. The summed E-state index contributed by atoms with van der Waals surface area (Å²) in [5.74, 6) is 2.57. The lowest BCUT2D eigenvalue weighted by molar-refractivity contribution is -0.126. The zero-order chi connectivity index (χ0) is 17.5. The average Bonchev–Trinajstić information content (AvgIpc) is 3.42. The SMILES string of the molecule is CCCN(CC1CC1)C(=O)/C=C/c1cc(OC)c(OC)cc1OC. The number of benzene rings is 1. The van der Waals surface area contributed by atoms with Gasteiger partial charge >= 0.3 is 0 Å². The summed E-state index contributed by atoms with van der Waals surface area (Å²) in [5.41, 5.74) is 0.784. The number of hydrogen-bond donors (Lipinski definition) is 0. The molecule has 0 unspecified atom stereocenters. The van der Waals surface area contributed by atoms with Gasteiger partial charge in [0, 0.05) is 30.8 Å². The van der Waals surface area contributed by atoms with Crippen molar-refractivity contribution in [2.24, 2.45) is 5.92 Å². The molecule has 5 heteroatoms. The van der Waals surface area contributed by atoms with E-state index in [2.05, 4.69) is 6.92 Å². The van der Waals surface area contributed by atoms with Crippen LogP contribution < -0.4 is 14.2 Å². The summed E-state index contributed by atoms with van der Waals surface area (Å²) in [4.78, 5) is 14.4. The van der Waals surface area contributed by atoms with Crippen LogP contribution in [0.15, 0.2) is 18.2 Å². The van der Waals surface area contributed by atoms with E-state index in [0.29, 0.717) is 23.2 Å². The van der Waals surface area contributed by atoms with E-state index in [4.69, 9.17) is 14.2 Å². The van der Waals surface area contributed by atoms with Gasteiger partial charge in [0.05, 0.1) is 21.3 Å². The third kappa shape index (κ3) is 4.66. The average molecular weight is 333 g/mol. The minimum atomic E-state index is 0.0422. The van der Waals surface area contributed by atoms with Crippen molar-refractivity contribution in [3.8, 4) is 17.2 Å². The van der Waals surface area contributed by atoms with Crippen LogP contribution in [-0.4, -0.2) is 45.2 Å². The fourth-order valence-corrected chi connectivity index (χ4v) is 2.62. The van der Waals surface area contributed by atoms with Gasteiger partial charge in [-0.3, -0.25) is 4.79 Å². The van der Waals surface area contributed by atoms with Gasteiger partial charge < -0.3 is 19.1 Å². The zero-order valence-corrected chi connectivity index (χ0v) is 15.0. The Bertz CT molecular complexity index is 593. The number of hydrogen-bond acceptors (Lipinski definition) is 4. The highest BCUT2D eigenvalue weighted by molar-refractivity contribution is 5.92. The summed E-state index contributed by atoms with van der Waals surface area (Å²) in [5, 5.41) is 0. The lowest BCUT2D eigenvalue weighted by atomic mass is 10.1. The monoisotopic (exact) mass is 333 g/mol. The third-order valence-corrected chi connectivity index (χ3v) is 4.12. The van der Waals surface area contributed by atoms with Crippen LogP contribution in [0.5, 0.6) is 17.2 Å². The lowest BCUT2D eigenvalue weighted by Gasteiger charge is -2.20. The van der Waals surface area contributed by atoms with Crippen molar-refractivity contribution in [1.29, 1.82) is 0 Å². The highest BCUT2D eigenvalue weighted by atomic mass is 16.5. The predicted octanol–water partition coefficient (Wildman–Crippen LogP) is 3.37. The van der Waals surface area contributed by atoms with E-state index in [0.717, 1.165) is 25.1 Å². The summed E-state index contributed by atoms with van der Waals surface area (Å²) < 4.78 is 16.0. The van der Waals surface area contributed by atoms with E-state index >= 15 is 0 Å². The quantitative estimate of drug-likeness (QED) is 0.650. The molecule has 0 saturated heterocycles. The van der Waals surface area contributed by atoms with E-state index in [9.17, 15) is 4.79 Å². The second-order valence-electron chi connectivity index (χ2n) is 6.01. The number of methoxy groups -OCH3 is 3. The Kier molecular flexibility index (Phi) is 6.53. The first-order valence-corrected chi connectivity index (χ1v) is 8.39. The molecular formula is C19H27NO4. The van der Waals surface area contributed by atoms with Crippen LogP contribution in [0.1, 0.15) is 31.7 Å². The number of carbonyl (C=O) groups excluding carboxylic acids is 1. The number of rotatable bonds is 9. The van der Waals surface area contributed by atoms with E-state index in [1.54, 1.807) is 39.5 Å². The molecule has 132 valence electrons. The van der Waals surface area contributed by atoms with Gasteiger partial charge in [0.2, 0.25) is 5.91 Å². The molecule has 1 fully saturated rings. The van der Waals surface area contributed by atoms with Crippen molar-refractivity contribution in [2.75, 3.05) is 34.4 Å². The van der Waals surface area contributed by atoms with Crippen LogP contribution in [0.25, 0.3) is 6.08 Å². The van der Waals surface area contributed by atoms with Crippen LogP contribution in [0.2, 0.25) is 0 Å². The van der Waals surface area contributed by atoms with Crippen molar-refractivity contribution in [1.82, 2.24) is 4.90 Å². The van der Waals surface area contributed by atoms with Crippen LogP contribution in [0.4, 0.5) is 0 Å². The Morgan fingerprint density at radius 3 is 2.29 bits per heavy atom. The largest absolute Gasteiger partial charge is 0.496 e. The molecule has 0 radical (unpaired) electrons. The van der Waals surface area contributed by atoms with Crippen LogP contribution >= 0.6 is 0 Å². The van der Waals surface area contributed by atoms with Crippen molar-refractivity contribution in [3.05, 3.63) is 23.8 Å². The standard InChI is InChI=1S/C19H27NO4/c1-5-10-20(13-14-6-7-14)19(21)9-8-15-11-17(23-3)18(24-4)12-16(15)22-2/h8-9,11-12,14H,5-7,10,13H2,1-4H3/b9-8+. The minimum absolute atomic E-state index is 0.0422. The molecule has 0 aliphatic heterocycles. The lowest BCUT2D eigenvalue weighted by Crippen LogP contribution is -2.32. The van der Waals surface area contributed by atoms with Crippen LogP contribution in [0.3, 0.4) is 0 Å². The van der Waals surface area contributed by atoms with Gasteiger partial charge in [0.15, 0.2) is 11.5 Å². The number of nitrogens with zero attached hydrogens (tertiary/aromatic N) is 1. The third-order valence-electron chi connectivity index (χ3n) is 4.12. The predicted molar refractivity (Wildman–Crippen MR) is 94.7 cm³/mol. The molecular weight excluding hydrogens is 306 g/mol. The molecule has 1 aromatic carbocycles. The summed E-state index contributed by atoms with van der Waals surface area (Å²) >= 11 is 0. The van der Waals surface area contributed by atoms with Gasteiger partial charge in [0.1, 0.15) is 5.75 Å². The molecule has 1 amide bonds. The second-order valence-corrected chi connectivity index (χ2v) is 6.01. The van der Waals surface area contributed by atoms with E-state index in [1.807, 2.05) is 11.0 Å². The molecule has 1 aliphatic carbocycles. The number of ether oxygens (including phenoxy) is 3. The molecule has 2 rings (SSSR count). The maximum Gasteiger partial charge on any atom is 0.246 e. The van der Waals surface area contributed by atoms with Gasteiger partial charge in [-0.05, 0) is 37.3 Å². The van der Waals surface area contributed by atoms with Crippen molar-refractivity contribution < 1.29 is 19.0 Å². The van der Waals surface area contributed by atoms with Crippen LogP contribution in [0, 0.1) is 5.92 Å². The van der Waals surface area contributed by atoms with Crippen molar-refractivity contribution in [3.63, 3.8) is 0 Å². The van der Waals surface area contributed by atoms with Crippen molar-refractivity contribution >= 4 is 12.0 Å². The minimum Gasteiger partial charge on any atom is -0.496 e. The summed E-state index contributed by atoms with van der Waals surface area (Å²) in [6.45, 7) is 3.75. The van der Waals surface area contributed by atoms with Gasteiger partial charge in [-0.2, -0.15) is 0 Å². The number of carbonyl (C=O) groups is 1. The topological polar surface area (TPSA) is 48.0 Å². The highest BCUT2D eigenvalue weighted by Gasteiger charge is 2.25. The van der Waals surface area contributed by atoms with Crippen molar-refractivity contribution in [2.45, 2.75) is 26.2 Å². The normalized spacial score (nSPS) is 13.8. The maximum atomic E-state index is 12.5. The first-order valence-electron chi connectivity index (χ1n) is 8.39. The molecule has 1 aromatic rings. The second kappa shape index (κ2) is 8.62. The first-order chi connectivity index (χ1) is 11.6. The fraction of sp³-hybridized carbons (Fsp3) is 0.526. The van der Waals surface area contributed by atoms with Gasteiger partial charge in [-0.15, -0.1) is 0 Å². The Hall–Kier alpha value is -2.17. The molecule has 0 heterocycles. The molecule has 1 aliphatic rings. The molecule has 5 nitrogen and oxygen atoms in total. The highest BCUT2D eigenvalue weighted by Crippen LogP contribution is 2.35. The zero-order valence-electron chi connectivity index (χ0n) is 15.0. The summed E-state index contributed by atoms with van der Waals surface area (Å²) in [7, 11) is 4.76. The molecule has 0 atom stereocenters. The van der Waals surface area contributed by atoms with Gasteiger partial charge in [-0.1, -0.05) is 6.92 Å². The van der Waals surface area contributed by atoms with Gasteiger partial charge in [-0.25, -0.2) is 0 Å². The van der Waals surface area contributed by atoms with E-state index in [1.165, 1.54) is 12.8 Å². The molecule has 0 bridgehead atoms. The summed E-state index contributed by atoms with van der Waals surface area (Å²) in [6.07, 6.45) is 6.83. The Morgan fingerprint density at radius 1 is 1.12 bits per heavy atom. The maximum absolute atomic E-state index is 12.5. The first kappa shape index (κ1) is 18.2. The number of amides is 1. The molecule has 1 saturated carbocycles. The molecule has 0 aromatic heterocycles. The fourth-order valence-electron chi connectivity index (χ4n) is 2.62. The molecule has 0 spiro atoms. The Labute approximate surface area is 144 Å². The summed E-state index contributed by atoms with van der Waals surface area (Å²) in [6, 6.07) is 3.57. The Morgan fingerprint density at radius 2 is 1.75 bits per heavy atom. The van der Waals surface area contributed by atoms with E-state index < -0.39 is 0 Å². The molecule has 0 N–H and O–H groups in total.